The monoisotopic (exact) mass is 657 g/mol. The topological polar surface area (TPSA) is 137 Å². The number of fused-ring (bicyclic) bond motifs is 6. The van der Waals surface area contributed by atoms with E-state index in [-0.39, 0.29) is 41.9 Å². The molecule has 0 fully saturated rings. The first-order valence-corrected chi connectivity index (χ1v) is 16.3. The highest BCUT2D eigenvalue weighted by Gasteiger charge is 2.54. The fourth-order valence-corrected chi connectivity index (χ4v) is 5.59. The normalized spacial score (nSPS) is 16.3. The number of benzene rings is 3. The van der Waals surface area contributed by atoms with E-state index >= 15 is 0 Å². The first-order valence-electron chi connectivity index (χ1n) is 16.3. The molecule has 2 heterocycles. The molecule has 48 heavy (non-hydrogen) atoms. The molecule has 2 N–H and O–H groups in total. The van der Waals surface area contributed by atoms with Crippen LogP contribution in [0.5, 0.6) is 23.0 Å². The molecule has 0 aromatic heterocycles. The van der Waals surface area contributed by atoms with E-state index in [9.17, 15) is 19.2 Å². The minimum atomic E-state index is -1.46. The molecule has 0 aliphatic carbocycles. The number of rotatable bonds is 10. The number of hydrogen-bond acceptors (Lipinski definition) is 9. The van der Waals surface area contributed by atoms with Crippen LogP contribution in [0.4, 0.5) is 0 Å². The van der Waals surface area contributed by atoms with Crippen LogP contribution in [0.3, 0.4) is 0 Å². The number of amides is 1. The fourth-order valence-electron chi connectivity index (χ4n) is 5.59. The van der Waals surface area contributed by atoms with Crippen molar-refractivity contribution < 1.29 is 43.2 Å². The van der Waals surface area contributed by atoms with Gasteiger partial charge in [-0.15, -0.1) is 0 Å². The van der Waals surface area contributed by atoms with E-state index in [1.165, 1.54) is 0 Å². The van der Waals surface area contributed by atoms with E-state index in [0.29, 0.717) is 34.4 Å². The van der Waals surface area contributed by atoms with Crippen LogP contribution in [-0.4, -0.2) is 42.1 Å². The number of carbonyl (C=O) groups is 4. The summed E-state index contributed by atoms with van der Waals surface area (Å²) in [5.41, 5.74) is -0.735. The van der Waals surface area contributed by atoms with Crippen LogP contribution in [0.15, 0.2) is 54.6 Å². The SMILES string of the molecule is CC(C)(C)C(=O)Oc1ccc2c(c1)Oc1cc(OC(=O)C(C)(C)C)c(CC(=O)NCCCCCCO)cc1C21OC(=O)c2ccccc21. The largest absolute Gasteiger partial charge is 0.456 e. The number of aliphatic hydroxyl groups is 1. The van der Waals surface area contributed by atoms with Gasteiger partial charge < -0.3 is 29.4 Å². The average molecular weight is 658 g/mol. The molecule has 3 aromatic carbocycles. The lowest BCUT2D eigenvalue weighted by Gasteiger charge is -2.37. The van der Waals surface area contributed by atoms with Crippen molar-refractivity contribution in [2.75, 3.05) is 13.2 Å². The Morgan fingerprint density at radius 1 is 0.792 bits per heavy atom. The third-order valence-electron chi connectivity index (χ3n) is 8.26. The minimum absolute atomic E-state index is 0.114. The zero-order valence-corrected chi connectivity index (χ0v) is 28.4. The van der Waals surface area contributed by atoms with Crippen molar-refractivity contribution in [2.45, 2.75) is 79.2 Å². The van der Waals surface area contributed by atoms with Gasteiger partial charge in [-0.2, -0.15) is 0 Å². The lowest BCUT2D eigenvalue weighted by Crippen LogP contribution is -2.34. The maximum Gasteiger partial charge on any atom is 0.340 e. The van der Waals surface area contributed by atoms with E-state index < -0.39 is 34.3 Å². The van der Waals surface area contributed by atoms with Crippen LogP contribution in [0, 0.1) is 10.8 Å². The van der Waals surface area contributed by atoms with Gasteiger partial charge in [-0.25, -0.2) is 4.79 Å². The standard InChI is InChI=1S/C38H43NO9/c1-36(2,3)34(43)45-24-15-16-27-30(21-24)46-31-22-29(47-35(44)37(4,5)6)23(20-32(41)39-17-11-7-8-12-18-40)19-28(31)38(27)26-14-10-9-13-25(26)33(42)48-38/h9-10,13-16,19,21-22,40H,7-8,11-12,17-18,20H2,1-6H3,(H,39,41). The summed E-state index contributed by atoms with van der Waals surface area (Å²) in [6.07, 6.45) is 3.10. The quantitative estimate of drug-likeness (QED) is 0.145. The summed E-state index contributed by atoms with van der Waals surface area (Å²) in [5.74, 6) is -0.834. The van der Waals surface area contributed by atoms with Crippen molar-refractivity contribution in [3.63, 3.8) is 0 Å². The van der Waals surface area contributed by atoms with Crippen molar-refractivity contribution >= 4 is 23.8 Å². The Morgan fingerprint density at radius 2 is 1.46 bits per heavy atom. The van der Waals surface area contributed by atoms with E-state index in [1.807, 2.05) is 12.1 Å². The number of nitrogens with one attached hydrogen (secondary N) is 1. The lowest BCUT2D eigenvalue weighted by atomic mass is 9.77. The number of esters is 3. The molecule has 10 heteroatoms. The molecule has 2 aliphatic rings. The molecule has 254 valence electrons. The van der Waals surface area contributed by atoms with Gasteiger partial charge in [0.05, 0.1) is 22.8 Å². The van der Waals surface area contributed by atoms with Gasteiger partial charge in [0.1, 0.15) is 23.0 Å². The summed E-state index contributed by atoms with van der Waals surface area (Å²) in [4.78, 5) is 52.4. The van der Waals surface area contributed by atoms with Gasteiger partial charge in [0.2, 0.25) is 5.91 Å². The molecule has 3 aromatic rings. The number of carbonyl (C=O) groups excluding carboxylic acids is 4. The van der Waals surface area contributed by atoms with Crippen LogP contribution < -0.4 is 19.5 Å². The lowest BCUT2D eigenvalue weighted by molar-refractivity contribution is -0.143. The van der Waals surface area contributed by atoms with Crippen molar-refractivity contribution in [1.82, 2.24) is 5.32 Å². The van der Waals surface area contributed by atoms with Gasteiger partial charge >= 0.3 is 17.9 Å². The summed E-state index contributed by atoms with van der Waals surface area (Å²) >= 11 is 0. The van der Waals surface area contributed by atoms with Crippen molar-refractivity contribution in [3.05, 3.63) is 82.4 Å². The molecule has 0 bridgehead atoms. The van der Waals surface area contributed by atoms with Crippen LogP contribution >= 0.6 is 0 Å². The Hall–Kier alpha value is -4.70. The molecule has 10 nitrogen and oxygen atoms in total. The molecule has 1 unspecified atom stereocenters. The van der Waals surface area contributed by atoms with Gasteiger partial charge in [0.15, 0.2) is 5.60 Å². The third kappa shape index (κ3) is 6.94. The molecule has 0 radical (unpaired) electrons. The number of hydrogen-bond donors (Lipinski definition) is 2. The second-order valence-corrected chi connectivity index (χ2v) is 14.3. The Kier molecular flexibility index (Phi) is 9.69. The molecule has 1 amide bonds. The molecule has 0 saturated carbocycles. The first-order chi connectivity index (χ1) is 22.6. The maximum absolute atomic E-state index is 13.4. The zero-order valence-electron chi connectivity index (χ0n) is 28.4. The predicted molar refractivity (Wildman–Crippen MR) is 177 cm³/mol. The highest BCUT2D eigenvalue weighted by Crippen LogP contribution is 2.57. The Bertz CT molecular complexity index is 1750. The van der Waals surface area contributed by atoms with Crippen molar-refractivity contribution in [2.24, 2.45) is 10.8 Å². The summed E-state index contributed by atoms with van der Waals surface area (Å²) in [6.45, 7) is 11.0. The van der Waals surface area contributed by atoms with Gasteiger partial charge in [-0.3, -0.25) is 14.4 Å². The number of aliphatic hydroxyl groups excluding tert-OH is 1. The first kappa shape index (κ1) is 34.6. The Morgan fingerprint density at radius 3 is 2.17 bits per heavy atom. The molecular weight excluding hydrogens is 614 g/mol. The molecule has 0 saturated heterocycles. The fraction of sp³-hybridized carbons (Fsp3) is 0.421. The van der Waals surface area contributed by atoms with Gasteiger partial charge in [-0.1, -0.05) is 31.0 Å². The van der Waals surface area contributed by atoms with Crippen LogP contribution in [0.2, 0.25) is 0 Å². The predicted octanol–water partition coefficient (Wildman–Crippen LogP) is 6.37. The van der Waals surface area contributed by atoms with Gasteiger partial charge in [0.25, 0.3) is 0 Å². The van der Waals surface area contributed by atoms with E-state index in [1.54, 1.807) is 84.0 Å². The van der Waals surface area contributed by atoms with Crippen molar-refractivity contribution in [3.8, 4) is 23.0 Å². The minimum Gasteiger partial charge on any atom is -0.456 e. The molecular formula is C38H43NO9. The summed E-state index contributed by atoms with van der Waals surface area (Å²) in [6, 6.07) is 15.2. The van der Waals surface area contributed by atoms with Crippen molar-refractivity contribution in [1.29, 1.82) is 0 Å². The Labute approximate surface area is 280 Å². The average Bonchev–Trinajstić information content (AvgIpc) is 3.31. The molecule has 1 spiro atoms. The summed E-state index contributed by atoms with van der Waals surface area (Å²) in [7, 11) is 0. The second-order valence-electron chi connectivity index (χ2n) is 14.3. The number of unbranched alkanes of at least 4 members (excludes halogenated alkanes) is 3. The summed E-state index contributed by atoms with van der Waals surface area (Å²) in [5, 5.41) is 11.9. The summed E-state index contributed by atoms with van der Waals surface area (Å²) < 4.78 is 24.2. The van der Waals surface area contributed by atoms with Crippen LogP contribution in [-0.2, 0) is 31.1 Å². The van der Waals surface area contributed by atoms with Crippen LogP contribution in [0.25, 0.3) is 0 Å². The van der Waals surface area contributed by atoms with E-state index in [0.717, 1.165) is 25.7 Å². The highest BCUT2D eigenvalue weighted by atomic mass is 16.6. The molecule has 5 rings (SSSR count). The van der Waals surface area contributed by atoms with E-state index in [2.05, 4.69) is 5.32 Å². The van der Waals surface area contributed by atoms with Crippen LogP contribution in [0.1, 0.15) is 99.8 Å². The molecule has 1 atom stereocenters. The highest BCUT2D eigenvalue weighted by molar-refractivity contribution is 5.97. The maximum atomic E-state index is 13.4. The van der Waals surface area contributed by atoms with E-state index in [4.69, 9.17) is 24.1 Å². The molecule has 2 aliphatic heterocycles. The smallest absolute Gasteiger partial charge is 0.340 e. The third-order valence-corrected chi connectivity index (χ3v) is 8.26. The number of ether oxygens (including phenoxy) is 4. The second kappa shape index (κ2) is 13.4. The Balaban J connectivity index is 1.61. The van der Waals surface area contributed by atoms with Gasteiger partial charge in [0, 0.05) is 47.5 Å². The van der Waals surface area contributed by atoms with Gasteiger partial charge in [-0.05, 0) is 78.6 Å². The zero-order chi connectivity index (χ0) is 34.9.